The Morgan fingerprint density at radius 3 is 2.30 bits per heavy atom. The quantitative estimate of drug-likeness (QED) is 0.865. The number of hydrogen-bond donors (Lipinski definition) is 1. The molecular weight excluding hydrogens is 286 g/mol. The van der Waals surface area contributed by atoms with Gasteiger partial charge >= 0.3 is 0 Å². The van der Waals surface area contributed by atoms with Gasteiger partial charge in [0.2, 0.25) is 0 Å². The molecule has 0 fully saturated rings. The third-order valence-corrected chi connectivity index (χ3v) is 3.91. The number of rotatable bonds is 6. The van der Waals surface area contributed by atoms with E-state index in [4.69, 9.17) is 4.74 Å². The lowest BCUT2D eigenvalue weighted by molar-refractivity contribution is -0.123. The van der Waals surface area contributed by atoms with Crippen molar-refractivity contribution < 1.29 is 9.53 Å². The number of amides is 1. The van der Waals surface area contributed by atoms with E-state index in [1.807, 2.05) is 32.0 Å². The normalized spacial score (nSPS) is 11.8. The number of carbonyl (C=O) groups excluding carboxylic acids is 1. The van der Waals surface area contributed by atoms with Gasteiger partial charge in [-0.05, 0) is 44.4 Å². The number of carbonyl (C=O) groups is 1. The summed E-state index contributed by atoms with van der Waals surface area (Å²) in [4.78, 5) is 12.2. The van der Waals surface area contributed by atoms with Gasteiger partial charge in [-0.25, -0.2) is 0 Å². The molecule has 122 valence electrons. The molecule has 3 nitrogen and oxygen atoms in total. The first-order chi connectivity index (χ1) is 11.0. The Balaban J connectivity index is 1.93. The molecule has 0 radical (unpaired) electrons. The zero-order chi connectivity index (χ0) is 16.8. The van der Waals surface area contributed by atoms with Gasteiger partial charge in [0.1, 0.15) is 5.75 Å². The second-order valence-electron chi connectivity index (χ2n) is 6.00. The number of nitrogens with one attached hydrogen (secondary N) is 1. The van der Waals surface area contributed by atoms with E-state index >= 15 is 0 Å². The third kappa shape index (κ3) is 4.85. The molecule has 1 atom stereocenters. The van der Waals surface area contributed by atoms with Crippen molar-refractivity contribution in [2.75, 3.05) is 6.61 Å². The summed E-state index contributed by atoms with van der Waals surface area (Å²) in [5.41, 5.74) is 4.57. The van der Waals surface area contributed by atoms with E-state index in [1.165, 1.54) is 11.1 Å². The van der Waals surface area contributed by atoms with Crippen molar-refractivity contribution >= 4 is 5.91 Å². The van der Waals surface area contributed by atoms with Gasteiger partial charge in [-0.2, -0.15) is 0 Å². The molecule has 0 aromatic heterocycles. The van der Waals surface area contributed by atoms with Crippen LogP contribution in [-0.4, -0.2) is 12.5 Å². The smallest absolute Gasteiger partial charge is 0.258 e. The van der Waals surface area contributed by atoms with E-state index < -0.39 is 0 Å². The number of hydrogen-bond acceptors (Lipinski definition) is 2. The molecular formula is C20H25NO2. The van der Waals surface area contributed by atoms with Crippen molar-refractivity contribution in [1.29, 1.82) is 0 Å². The fraction of sp³-hybridized carbons (Fsp3) is 0.350. The summed E-state index contributed by atoms with van der Waals surface area (Å²) >= 11 is 0. The maximum absolute atomic E-state index is 12.2. The van der Waals surface area contributed by atoms with E-state index in [2.05, 4.69) is 43.4 Å². The maximum atomic E-state index is 12.2. The summed E-state index contributed by atoms with van der Waals surface area (Å²) in [6.07, 6.45) is 0.846. The lowest BCUT2D eigenvalue weighted by atomic mass is 10.0. The molecule has 1 unspecified atom stereocenters. The molecule has 2 aromatic carbocycles. The van der Waals surface area contributed by atoms with Crippen molar-refractivity contribution in [2.45, 2.75) is 40.2 Å². The van der Waals surface area contributed by atoms with Gasteiger partial charge in [-0.15, -0.1) is 0 Å². The first kappa shape index (κ1) is 17.1. The molecule has 0 aliphatic carbocycles. The Labute approximate surface area is 138 Å². The molecule has 1 amide bonds. The minimum absolute atomic E-state index is 0.0193. The van der Waals surface area contributed by atoms with Crippen LogP contribution in [0.2, 0.25) is 0 Å². The summed E-state index contributed by atoms with van der Waals surface area (Å²) < 4.78 is 5.64. The van der Waals surface area contributed by atoms with E-state index in [0.29, 0.717) is 0 Å². The first-order valence-corrected chi connectivity index (χ1v) is 8.05. The van der Waals surface area contributed by atoms with Crippen LogP contribution in [0.3, 0.4) is 0 Å². The summed E-state index contributed by atoms with van der Waals surface area (Å²) in [6, 6.07) is 14.2. The Kier molecular flexibility index (Phi) is 5.80. The molecule has 2 aromatic rings. The van der Waals surface area contributed by atoms with Gasteiger partial charge in [0, 0.05) is 0 Å². The molecule has 0 aliphatic heterocycles. The van der Waals surface area contributed by atoms with Gasteiger partial charge < -0.3 is 10.1 Å². The average molecular weight is 311 g/mol. The lowest BCUT2D eigenvalue weighted by Crippen LogP contribution is -2.32. The van der Waals surface area contributed by atoms with Crippen LogP contribution in [0, 0.1) is 20.8 Å². The Morgan fingerprint density at radius 2 is 1.70 bits per heavy atom. The molecule has 0 saturated carbocycles. The fourth-order valence-corrected chi connectivity index (χ4v) is 2.56. The summed E-state index contributed by atoms with van der Waals surface area (Å²) in [7, 11) is 0. The lowest BCUT2D eigenvalue weighted by Gasteiger charge is -2.18. The largest absolute Gasteiger partial charge is 0.484 e. The third-order valence-electron chi connectivity index (χ3n) is 3.91. The van der Waals surface area contributed by atoms with Gasteiger partial charge in [-0.3, -0.25) is 4.79 Å². The molecule has 0 saturated heterocycles. The molecule has 3 heteroatoms. The minimum atomic E-state index is -0.0996. The van der Waals surface area contributed by atoms with Crippen molar-refractivity contribution in [3.8, 4) is 5.75 Å². The Hall–Kier alpha value is -2.29. The van der Waals surface area contributed by atoms with Crippen molar-refractivity contribution in [3.05, 3.63) is 64.7 Å². The summed E-state index contributed by atoms with van der Waals surface area (Å²) in [5.74, 6) is 0.659. The van der Waals surface area contributed by atoms with Crippen molar-refractivity contribution in [1.82, 2.24) is 5.32 Å². The molecule has 0 aliphatic rings. The predicted molar refractivity (Wildman–Crippen MR) is 93.8 cm³/mol. The molecule has 2 rings (SSSR count). The predicted octanol–water partition coefficient (Wildman–Crippen LogP) is 4.26. The highest BCUT2D eigenvalue weighted by Crippen LogP contribution is 2.19. The molecule has 23 heavy (non-hydrogen) atoms. The van der Waals surface area contributed by atoms with Crippen LogP contribution in [0.4, 0.5) is 0 Å². The van der Waals surface area contributed by atoms with Crippen LogP contribution in [0.5, 0.6) is 5.75 Å². The molecule has 0 bridgehead atoms. The summed E-state index contributed by atoms with van der Waals surface area (Å²) in [6.45, 7) is 8.18. The molecule has 1 N–H and O–H groups in total. The van der Waals surface area contributed by atoms with E-state index in [-0.39, 0.29) is 18.6 Å². The van der Waals surface area contributed by atoms with Gasteiger partial charge in [-0.1, -0.05) is 54.4 Å². The zero-order valence-electron chi connectivity index (χ0n) is 14.3. The average Bonchev–Trinajstić information content (AvgIpc) is 2.52. The van der Waals surface area contributed by atoms with Crippen molar-refractivity contribution in [2.24, 2.45) is 0 Å². The van der Waals surface area contributed by atoms with Crippen LogP contribution in [0.25, 0.3) is 0 Å². The van der Waals surface area contributed by atoms with Crippen LogP contribution in [-0.2, 0) is 4.79 Å². The molecule has 0 spiro atoms. The SMILES string of the molecule is CCC(NC(=O)COc1ccc(C)cc1C)c1ccc(C)cc1. The number of aryl methyl sites for hydroxylation is 3. The maximum Gasteiger partial charge on any atom is 0.258 e. The first-order valence-electron chi connectivity index (χ1n) is 8.05. The fourth-order valence-electron chi connectivity index (χ4n) is 2.56. The monoisotopic (exact) mass is 311 g/mol. The standard InChI is InChI=1S/C20H25NO2/c1-5-18(17-9-6-14(2)7-10-17)21-20(22)13-23-19-11-8-15(3)12-16(19)4/h6-12,18H,5,13H2,1-4H3,(H,21,22). The second kappa shape index (κ2) is 7.82. The topological polar surface area (TPSA) is 38.3 Å². The van der Waals surface area contributed by atoms with E-state index in [9.17, 15) is 4.79 Å². The minimum Gasteiger partial charge on any atom is -0.484 e. The molecule has 0 heterocycles. The highest BCUT2D eigenvalue weighted by atomic mass is 16.5. The second-order valence-corrected chi connectivity index (χ2v) is 6.00. The van der Waals surface area contributed by atoms with Gasteiger partial charge in [0.15, 0.2) is 6.61 Å². The van der Waals surface area contributed by atoms with Crippen LogP contribution in [0.15, 0.2) is 42.5 Å². The van der Waals surface area contributed by atoms with Crippen molar-refractivity contribution in [3.63, 3.8) is 0 Å². The number of ether oxygens (including phenoxy) is 1. The van der Waals surface area contributed by atoms with Crippen LogP contribution >= 0.6 is 0 Å². The highest BCUT2D eigenvalue weighted by molar-refractivity contribution is 5.78. The van der Waals surface area contributed by atoms with Crippen LogP contribution < -0.4 is 10.1 Å². The van der Waals surface area contributed by atoms with Gasteiger partial charge in [0.05, 0.1) is 6.04 Å². The highest BCUT2D eigenvalue weighted by Gasteiger charge is 2.13. The van der Waals surface area contributed by atoms with E-state index in [0.717, 1.165) is 23.3 Å². The van der Waals surface area contributed by atoms with E-state index in [1.54, 1.807) is 0 Å². The summed E-state index contributed by atoms with van der Waals surface area (Å²) in [5, 5.41) is 3.04. The van der Waals surface area contributed by atoms with Crippen LogP contribution in [0.1, 0.15) is 41.6 Å². The zero-order valence-corrected chi connectivity index (χ0v) is 14.3. The van der Waals surface area contributed by atoms with Gasteiger partial charge in [0.25, 0.3) is 5.91 Å². The number of benzene rings is 2. The Morgan fingerprint density at radius 1 is 1.04 bits per heavy atom. The Bertz CT molecular complexity index is 662.